The standard InChI is InChI=1S/C29H26F4N6O/c1-2-25(40)35-19-6-7-22(31)21(16-19)20-5-3-4-18-17-34-29(37-28(18)20)36-23-8-9-24(27(33)26(23)32)39-14-12-38(11-10-30)13-15-39/h2-9,16-17H,1,10-15H2,(H,35,40)(H,34,36,37). The number of carbonyl (C=O) groups excluding carboxylic acids is 1. The summed E-state index contributed by atoms with van der Waals surface area (Å²) in [6.45, 7) is 5.31. The van der Waals surface area contributed by atoms with E-state index in [0.29, 0.717) is 54.9 Å². The Balaban J connectivity index is 1.43. The Morgan fingerprint density at radius 1 is 1.00 bits per heavy atom. The molecule has 1 aromatic heterocycles. The van der Waals surface area contributed by atoms with Crippen molar-refractivity contribution in [2.24, 2.45) is 0 Å². The molecule has 0 saturated carbocycles. The highest BCUT2D eigenvalue weighted by Crippen LogP contribution is 2.33. The van der Waals surface area contributed by atoms with Gasteiger partial charge in [-0.05, 0) is 36.4 Å². The van der Waals surface area contributed by atoms with Gasteiger partial charge in [-0.15, -0.1) is 0 Å². The highest BCUT2D eigenvalue weighted by molar-refractivity contribution is 6.00. The van der Waals surface area contributed by atoms with E-state index in [2.05, 4.69) is 27.2 Å². The Morgan fingerprint density at radius 2 is 1.80 bits per heavy atom. The van der Waals surface area contributed by atoms with Gasteiger partial charge in [0.05, 0.1) is 16.9 Å². The molecule has 0 radical (unpaired) electrons. The van der Waals surface area contributed by atoms with Crippen molar-refractivity contribution in [1.82, 2.24) is 14.9 Å². The number of para-hydroxylation sites is 1. The smallest absolute Gasteiger partial charge is 0.247 e. The van der Waals surface area contributed by atoms with Crippen molar-refractivity contribution in [3.8, 4) is 11.1 Å². The van der Waals surface area contributed by atoms with Gasteiger partial charge in [0.25, 0.3) is 0 Å². The number of amides is 1. The molecule has 206 valence electrons. The van der Waals surface area contributed by atoms with Crippen LogP contribution in [-0.2, 0) is 4.79 Å². The lowest BCUT2D eigenvalue weighted by atomic mass is 10.0. The molecular formula is C29H26F4N6O. The van der Waals surface area contributed by atoms with Gasteiger partial charge < -0.3 is 15.5 Å². The number of nitrogens with zero attached hydrogens (tertiary/aromatic N) is 4. The number of carbonyl (C=O) groups is 1. The molecule has 1 amide bonds. The maximum absolute atomic E-state index is 15.1. The van der Waals surface area contributed by atoms with Gasteiger partial charge in [-0.3, -0.25) is 9.69 Å². The van der Waals surface area contributed by atoms with E-state index < -0.39 is 30.0 Å². The topological polar surface area (TPSA) is 73.4 Å². The molecule has 7 nitrogen and oxygen atoms in total. The molecule has 1 aliphatic heterocycles. The Kier molecular flexibility index (Phi) is 7.92. The Labute approximate surface area is 228 Å². The molecule has 0 unspecified atom stereocenters. The van der Waals surface area contributed by atoms with Crippen molar-refractivity contribution in [3.63, 3.8) is 0 Å². The first-order valence-electron chi connectivity index (χ1n) is 12.7. The summed E-state index contributed by atoms with van der Waals surface area (Å²) in [5.74, 6) is -3.08. The first kappa shape index (κ1) is 27.1. The van der Waals surface area contributed by atoms with Gasteiger partial charge in [0, 0.05) is 61.1 Å². The summed E-state index contributed by atoms with van der Waals surface area (Å²) in [6, 6.07) is 12.2. The lowest BCUT2D eigenvalue weighted by Crippen LogP contribution is -2.47. The highest BCUT2D eigenvalue weighted by atomic mass is 19.2. The number of anilines is 4. The van der Waals surface area contributed by atoms with E-state index in [1.165, 1.54) is 36.5 Å². The monoisotopic (exact) mass is 550 g/mol. The van der Waals surface area contributed by atoms with Crippen LogP contribution in [0.2, 0.25) is 0 Å². The molecule has 1 aliphatic rings. The number of piperazine rings is 1. The van der Waals surface area contributed by atoms with Crippen molar-refractivity contribution in [1.29, 1.82) is 0 Å². The number of alkyl halides is 1. The second kappa shape index (κ2) is 11.7. The zero-order valence-corrected chi connectivity index (χ0v) is 21.4. The summed E-state index contributed by atoms with van der Waals surface area (Å²) in [6.07, 6.45) is 2.60. The van der Waals surface area contributed by atoms with Crippen LogP contribution in [-0.4, -0.2) is 60.2 Å². The molecule has 2 N–H and O–H groups in total. The molecule has 0 atom stereocenters. The van der Waals surface area contributed by atoms with Gasteiger partial charge in [0.2, 0.25) is 11.9 Å². The van der Waals surface area contributed by atoms with Crippen molar-refractivity contribution in [3.05, 3.63) is 84.8 Å². The number of hydrogen-bond donors (Lipinski definition) is 2. The van der Waals surface area contributed by atoms with E-state index >= 15 is 8.78 Å². The number of nitrogens with one attached hydrogen (secondary N) is 2. The molecule has 0 spiro atoms. The predicted molar refractivity (Wildman–Crippen MR) is 148 cm³/mol. The molecule has 1 saturated heterocycles. The van der Waals surface area contributed by atoms with Gasteiger partial charge in [0.1, 0.15) is 12.5 Å². The van der Waals surface area contributed by atoms with E-state index in [9.17, 15) is 13.6 Å². The van der Waals surface area contributed by atoms with Crippen LogP contribution in [0, 0.1) is 17.5 Å². The van der Waals surface area contributed by atoms with E-state index in [1.807, 2.05) is 4.90 Å². The van der Waals surface area contributed by atoms with Crippen LogP contribution >= 0.6 is 0 Å². The van der Waals surface area contributed by atoms with Crippen LogP contribution in [0.25, 0.3) is 22.0 Å². The van der Waals surface area contributed by atoms with E-state index in [-0.39, 0.29) is 22.9 Å². The van der Waals surface area contributed by atoms with Crippen molar-refractivity contribution >= 4 is 39.8 Å². The molecule has 0 bridgehead atoms. The fourth-order valence-corrected chi connectivity index (χ4v) is 4.67. The SMILES string of the molecule is C=CC(=O)Nc1ccc(F)c(-c2cccc3cnc(Nc4ccc(N5CCN(CCF)CC5)c(F)c4F)nc23)c1. The van der Waals surface area contributed by atoms with E-state index in [4.69, 9.17) is 0 Å². The fourth-order valence-electron chi connectivity index (χ4n) is 4.67. The third-order valence-electron chi connectivity index (χ3n) is 6.74. The molecule has 4 aromatic rings. The number of halogens is 4. The first-order valence-corrected chi connectivity index (χ1v) is 12.7. The number of rotatable bonds is 8. The molecule has 2 heterocycles. The average molecular weight is 551 g/mol. The number of aromatic nitrogens is 2. The summed E-state index contributed by atoms with van der Waals surface area (Å²) in [5.41, 5.74) is 1.31. The number of hydrogen-bond acceptors (Lipinski definition) is 6. The summed E-state index contributed by atoms with van der Waals surface area (Å²) in [5, 5.41) is 5.93. The molecule has 11 heteroatoms. The minimum atomic E-state index is -1.09. The van der Waals surface area contributed by atoms with E-state index in [1.54, 1.807) is 23.1 Å². The van der Waals surface area contributed by atoms with Gasteiger partial charge in [-0.25, -0.2) is 27.5 Å². The zero-order valence-electron chi connectivity index (χ0n) is 21.4. The van der Waals surface area contributed by atoms with Crippen LogP contribution in [0.4, 0.5) is 40.6 Å². The predicted octanol–water partition coefficient (Wildman–Crippen LogP) is 5.67. The fraction of sp³-hybridized carbons (Fsp3) is 0.207. The lowest BCUT2D eigenvalue weighted by Gasteiger charge is -2.35. The third-order valence-corrected chi connectivity index (χ3v) is 6.74. The van der Waals surface area contributed by atoms with Crippen LogP contribution in [0.5, 0.6) is 0 Å². The molecule has 1 fully saturated rings. The van der Waals surface area contributed by atoms with Crippen LogP contribution in [0.15, 0.2) is 67.4 Å². The second-order valence-electron chi connectivity index (χ2n) is 9.23. The van der Waals surface area contributed by atoms with Crippen LogP contribution in [0.1, 0.15) is 0 Å². The average Bonchev–Trinajstić information content (AvgIpc) is 2.97. The number of benzene rings is 3. The minimum Gasteiger partial charge on any atom is -0.367 e. The second-order valence-corrected chi connectivity index (χ2v) is 9.23. The third kappa shape index (κ3) is 5.59. The number of fused-ring (bicyclic) bond motifs is 1. The van der Waals surface area contributed by atoms with Gasteiger partial charge >= 0.3 is 0 Å². The lowest BCUT2D eigenvalue weighted by molar-refractivity contribution is -0.111. The first-order chi connectivity index (χ1) is 19.4. The summed E-state index contributed by atoms with van der Waals surface area (Å²) < 4.78 is 57.7. The summed E-state index contributed by atoms with van der Waals surface area (Å²) >= 11 is 0. The van der Waals surface area contributed by atoms with Crippen LogP contribution in [0.3, 0.4) is 0 Å². The minimum absolute atomic E-state index is 0.0117. The van der Waals surface area contributed by atoms with Crippen molar-refractivity contribution in [2.75, 3.05) is 54.9 Å². The van der Waals surface area contributed by atoms with E-state index in [0.717, 1.165) is 6.08 Å². The molecule has 5 rings (SSSR count). The quantitative estimate of drug-likeness (QED) is 0.218. The molecule has 0 aliphatic carbocycles. The van der Waals surface area contributed by atoms with Crippen LogP contribution < -0.4 is 15.5 Å². The normalized spacial score (nSPS) is 13.8. The Morgan fingerprint density at radius 3 is 2.55 bits per heavy atom. The largest absolute Gasteiger partial charge is 0.367 e. The molecule has 3 aromatic carbocycles. The summed E-state index contributed by atoms with van der Waals surface area (Å²) in [7, 11) is 0. The maximum atomic E-state index is 15.1. The summed E-state index contributed by atoms with van der Waals surface area (Å²) in [4.78, 5) is 24.1. The van der Waals surface area contributed by atoms with Crippen molar-refractivity contribution < 1.29 is 22.4 Å². The van der Waals surface area contributed by atoms with Crippen molar-refractivity contribution in [2.45, 2.75) is 0 Å². The van der Waals surface area contributed by atoms with Gasteiger partial charge in [-0.1, -0.05) is 24.8 Å². The van der Waals surface area contributed by atoms with Gasteiger partial charge in [0.15, 0.2) is 11.6 Å². The Bertz CT molecular complexity index is 1570. The maximum Gasteiger partial charge on any atom is 0.247 e. The zero-order chi connectivity index (χ0) is 28.2. The molecular weight excluding hydrogens is 524 g/mol. The highest BCUT2D eigenvalue weighted by Gasteiger charge is 2.23. The Hall–Kier alpha value is -4.51. The molecule has 40 heavy (non-hydrogen) atoms. The van der Waals surface area contributed by atoms with Gasteiger partial charge in [-0.2, -0.15) is 0 Å².